The highest BCUT2D eigenvalue weighted by Crippen LogP contribution is 2.46. The second-order valence-electron chi connectivity index (χ2n) is 10.3. The van der Waals surface area contributed by atoms with Crippen LogP contribution in [0.3, 0.4) is 0 Å². The zero-order chi connectivity index (χ0) is 25.2. The van der Waals surface area contributed by atoms with Crippen LogP contribution in [0.2, 0.25) is 0 Å². The maximum Gasteiger partial charge on any atom is 0.291 e. The van der Waals surface area contributed by atoms with Crippen LogP contribution in [0.25, 0.3) is 22.0 Å². The van der Waals surface area contributed by atoms with Crippen LogP contribution in [-0.2, 0) is 17.3 Å². The fourth-order valence-electron chi connectivity index (χ4n) is 4.78. The number of amides is 2. The Bertz CT molecular complexity index is 1340. The number of hydrogen-bond donors (Lipinski definition) is 2. The van der Waals surface area contributed by atoms with Gasteiger partial charge in [0.25, 0.3) is 11.8 Å². The lowest BCUT2D eigenvalue weighted by Crippen LogP contribution is -2.45. The van der Waals surface area contributed by atoms with Gasteiger partial charge >= 0.3 is 0 Å². The smallest absolute Gasteiger partial charge is 0.291 e. The number of carbonyl (C=O) groups is 2. The summed E-state index contributed by atoms with van der Waals surface area (Å²) >= 11 is 0. The Morgan fingerprint density at radius 1 is 1.21 bits per heavy atom. The van der Waals surface area contributed by atoms with Gasteiger partial charge in [-0.15, -0.1) is 0 Å². The molecule has 0 aliphatic carbocycles. The van der Waals surface area contributed by atoms with Gasteiger partial charge < -0.3 is 15.6 Å². The highest BCUT2D eigenvalue weighted by molar-refractivity contribution is 6.11. The number of nitrogens with zero attached hydrogens (tertiary/aromatic N) is 1. The number of fused-ring (bicyclic) bond motifs is 2. The molecule has 4 rings (SSSR count). The minimum absolute atomic E-state index is 0.00663. The number of rotatable bonds is 3. The van der Waals surface area contributed by atoms with E-state index in [0.717, 1.165) is 6.07 Å². The molecule has 5 nitrogen and oxygen atoms in total. The number of aromatic amines is 1. The summed E-state index contributed by atoms with van der Waals surface area (Å²) in [5.41, 5.74) is 6.74. The van der Waals surface area contributed by atoms with Gasteiger partial charge in [-0.2, -0.15) is 8.78 Å². The van der Waals surface area contributed by atoms with E-state index < -0.39 is 24.2 Å². The molecule has 0 spiro atoms. The summed E-state index contributed by atoms with van der Waals surface area (Å²) in [5.74, 6) is -5.36. The molecule has 0 unspecified atom stereocenters. The molecular weight excluding hydrogens is 443 g/mol. The first kappa shape index (κ1) is 23.9. The topological polar surface area (TPSA) is 79.2 Å². The molecule has 2 aromatic carbocycles. The van der Waals surface area contributed by atoms with Crippen molar-refractivity contribution < 1.29 is 22.8 Å². The van der Waals surface area contributed by atoms with E-state index in [1.807, 2.05) is 20.8 Å². The molecule has 0 fully saturated rings. The Kier molecular flexibility index (Phi) is 5.54. The number of aryl methyl sites for hydroxylation is 2. The summed E-state index contributed by atoms with van der Waals surface area (Å²) in [6.07, 6.45) is 0.143. The molecule has 2 amide bonds. The van der Waals surface area contributed by atoms with Gasteiger partial charge in [0.15, 0.2) is 0 Å². The van der Waals surface area contributed by atoms with E-state index in [4.69, 9.17) is 5.73 Å². The summed E-state index contributed by atoms with van der Waals surface area (Å²) in [6.45, 7) is 8.38. The number of halogens is 3. The van der Waals surface area contributed by atoms with E-state index in [2.05, 4.69) is 4.98 Å². The average Bonchev–Trinajstić information content (AvgIpc) is 2.99. The maximum absolute atomic E-state index is 15.6. The minimum Gasteiger partial charge on any atom is -0.366 e. The molecule has 0 radical (unpaired) electrons. The van der Waals surface area contributed by atoms with E-state index in [9.17, 15) is 9.59 Å². The van der Waals surface area contributed by atoms with Crippen molar-refractivity contribution >= 4 is 22.7 Å². The highest BCUT2D eigenvalue weighted by atomic mass is 19.3. The molecule has 3 aromatic rings. The molecule has 0 atom stereocenters. The lowest BCUT2D eigenvalue weighted by atomic mass is 9.85. The SMILES string of the molecule is Cc1[nH]c2c(C(N)=O)cc(F)c(-c3cccc4c3C(F)(F)CN(C(=O)CC(C)(C)C)C4)c2c1C. The fraction of sp³-hybridized carbons (Fsp3) is 0.385. The van der Waals surface area contributed by atoms with Gasteiger partial charge in [0, 0.05) is 35.2 Å². The monoisotopic (exact) mass is 471 g/mol. The molecule has 0 bridgehead atoms. The lowest BCUT2D eigenvalue weighted by Gasteiger charge is -2.37. The van der Waals surface area contributed by atoms with Crippen molar-refractivity contribution in [1.29, 1.82) is 0 Å². The minimum atomic E-state index is -3.39. The number of primary amides is 1. The second-order valence-corrected chi connectivity index (χ2v) is 10.3. The maximum atomic E-state index is 15.6. The Morgan fingerprint density at radius 3 is 2.50 bits per heavy atom. The van der Waals surface area contributed by atoms with Gasteiger partial charge in [0.2, 0.25) is 5.91 Å². The van der Waals surface area contributed by atoms with E-state index in [1.54, 1.807) is 26.0 Å². The van der Waals surface area contributed by atoms with Crippen LogP contribution in [-0.4, -0.2) is 28.2 Å². The van der Waals surface area contributed by atoms with Crippen LogP contribution in [0.1, 0.15) is 59.9 Å². The normalized spacial score (nSPS) is 15.5. The third-order valence-electron chi connectivity index (χ3n) is 6.37. The lowest BCUT2D eigenvalue weighted by molar-refractivity contribution is -0.142. The van der Waals surface area contributed by atoms with Crippen molar-refractivity contribution in [1.82, 2.24) is 9.88 Å². The summed E-state index contributed by atoms with van der Waals surface area (Å²) in [6, 6.07) is 5.59. The van der Waals surface area contributed by atoms with Crippen molar-refractivity contribution in [2.75, 3.05) is 6.54 Å². The zero-order valence-electron chi connectivity index (χ0n) is 19.9. The van der Waals surface area contributed by atoms with Crippen LogP contribution < -0.4 is 5.73 Å². The number of nitrogens with one attached hydrogen (secondary N) is 1. The van der Waals surface area contributed by atoms with Crippen LogP contribution >= 0.6 is 0 Å². The highest BCUT2D eigenvalue weighted by Gasteiger charge is 2.44. The number of hydrogen-bond acceptors (Lipinski definition) is 2. The Balaban J connectivity index is 1.94. The summed E-state index contributed by atoms with van der Waals surface area (Å²) < 4.78 is 46.8. The zero-order valence-corrected chi connectivity index (χ0v) is 19.9. The van der Waals surface area contributed by atoms with Crippen LogP contribution in [0.4, 0.5) is 13.2 Å². The molecular formula is C26H28F3N3O2. The molecule has 0 saturated carbocycles. The Hall–Kier alpha value is -3.29. The molecule has 0 saturated heterocycles. The fourth-order valence-corrected chi connectivity index (χ4v) is 4.78. The van der Waals surface area contributed by atoms with Gasteiger partial charge in [-0.05, 0) is 42.0 Å². The average molecular weight is 472 g/mol. The number of nitrogens with two attached hydrogens (primary N) is 1. The van der Waals surface area contributed by atoms with Gasteiger partial charge in [-0.3, -0.25) is 9.59 Å². The van der Waals surface area contributed by atoms with E-state index >= 15 is 13.2 Å². The molecule has 3 N–H and O–H groups in total. The number of benzene rings is 2. The first-order valence-electron chi connectivity index (χ1n) is 11.1. The third kappa shape index (κ3) is 3.95. The number of aromatic nitrogens is 1. The third-order valence-corrected chi connectivity index (χ3v) is 6.37. The largest absolute Gasteiger partial charge is 0.366 e. The van der Waals surface area contributed by atoms with Gasteiger partial charge in [-0.1, -0.05) is 39.0 Å². The van der Waals surface area contributed by atoms with E-state index in [0.29, 0.717) is 22.2 Å². The molecule has 1 aliphatic heterocycles. The van der Waals surface area contributed by atoms with Crippen molar-refractivity contribution in [3.8, 4) is 11.1 Å². The van der Waals surface area contributed by atoms with Crippen molar-refractivity contribution in [3.05, 3.63) is 58.0 Å². The quantitative estimate of drug-likeness (QED) is 0.525. The van der Waals surface area contributed by atoms with Crippen molar-refractivity contribution in [2.45, 2.75) is 53.5 Å². The van der Waals surface area contributed by atoms with Gasteiger partial charge in [0.1, 0.15) is 5.82 Å². The Labute approximate surface area is 196 Å². The molecule has 180 valence electrons. The van der Waals surface area contributed by atoms with Crippen LogP contribution in [0.5, 0.6) is 0 Å². The van der Waals surface area contributed by atoms with E-state index in [-0.39, 0.29) is 52.1 Å². The summed E-state index contributed by atoms with van der Waals surface area (Å²) in [7, 11) is 0. The van der Waals surface area contributed by atoms with Crippen molar-refractivity contribution in [2.24, 2.45) is 11.1 Å². The first-order chi connectivity index (χ1) is 15.7. The van der Waals surface area contributed by atoms with Crippen LogP contribution in [0.15, 0.2) is 24.3 Å². The standard InChI is InChI=1S/C26H28F3N3O2/c1-13-14(2)31-23-17(24(30)34)9-18(27)21(20(13)23)16-8-6-7-15-11-32(12-26(28,29)22(15)16)19(33)10-25(3,4)5/h6-9,31H,10-12H2,1-5H3,(H2,30,34). The predicted octanol–water partition coefficient (Wildman–Crippen LogP) is 5.56. The number of carbonyl (C=O) groups excluding carboxylic acids is 2. The predicted molar refractivity (Wildman–Crippen MR) is 125 cm³/mol. The molecule has 34 heavy (non-hydrogen) atoms. The van der Waals surface area contributed by atoms with Crippen molar-refractivity contribution in [3.63, 3.8) is 0 Å². The molecule has 8 heteroatoms. The van der Waals surface area contributed by atoms with E-state index in [1.165, 1.54) is 11.0 Å². The molecule has 2 heterocycles. The number of H-pyrrole nitrogens is 1. The molecule has 1 aliphatic rings. The first-order valence-corrected chi connectivity index (χ1v) is 11.1. The second kappa shape index (κ2) is 7.89. The summed E-state index contributed by atoms with van der Waals surface area (Å²) in [5, 5.41) is 0.349. The van der Waals surface area contributed by atoms with Gasteiger partial charge in [-0.25, -0.2) is 4.39 Å². The Morgan fingerprint density at radius 2 is 1.88 bits per heavy atom. The van der Waals surface area contributed by atoms with Gasteiger partial charge in [0.05, 0.1) is 17.6 Å². The molecule has 1 aromatic heterocycles. The summed E-state index contributed by atoms with van der Waals surface area (Å²) in [4.78, 5) is 28.9. The van der Waals surface area contributed by atoms with Crippen LogP contribution in [0, 0.1) is 25.1 Å². The number of alkyl halides is 2.